The predicted octanol–water partition coefficient (Wildman–Crippen LogP) is 2.64. The number of benzene rings is 1. The number of rotatable bonds is 4. The van der Waals surface area contributed by atoms with Gasteiger partial charge in [-0.1, -0.05) is 13.3 Å². The van der Waals surface area contributed by atoms with Crippen molar-refractivity contribution in [2.45, 2.75) is 31.1 Å². The van der Waals surface area contributed by atoms with Gasteiger partial charge in [0.2, 0.25) is 10.0 Å². The largest absolute Gasteiger partial charge is 0.243 e. The molecule has 0 aromatic heterocycles. The Balaban J connectivity index is 2.15. The number of hydrogen-bond acceptors (Lipinski definition) is 2. The van der Waals surface area contributed by atoms with Crippen molar-refractivity contribution in [1.82, 2.24) is 4.31 Å². The molecule has 1 heterocycles. The van der Waals surface area contributed by atoms with Gasteiger partial charge in [0.15, 0.2) is 0 Å². The molecule has 0 spiro atoms. The Morgan fingerprint density at radius 3 is 2.61 bits per heavy atom. The van der Waals surface area contributed by atoms with Crippen molar-refractivity contribution in [2.24, 2.45) is 5.92 Å². The van der Waals surface area contributed by atoms with Gasteiger partial charge in [-0.2, -0.15) is 4.31 Å². The van der Waals surface area contributed by atoms with Crippen LogP contribution < -0.4 is 0 Å². The van der Waals surface area contributed by atoms with Crippen LogP contribution in [0.3, 0.4) is 0 Å². The third-order valence-electron chi connectivity index (χ3n) is 3.40. The van der Waals surface area contributed by atoms with Gasteiger partial charge >= 0.3 is 0 Å². The summed E-state index contributed by atoms with van der Waals surface area (Å²) in [5.74, 6) is 0.0458. The maximum atomic E-state index is 12.8. The average Bonchev–Trinajstić information content (AvgIpc) is 2.79. The Hall–Kier alpha value is -0.940. The minimum absolute atomic E-state index is 0.182. The molecule has 5 heteroatoms. The molecule has 2 rings (SSSR count). The summed E-state index contributed by atoms with van der Waals surface area (Å²) in [6, 6.07) is 5.04. The summed E-state index contributed by atoms with van der Waals surface area (Å²) < 4.78 is 38.9. The fourth-order valence-electron chi connectivity index (χ4n) is 2.41. The standard InChI is InChI=1S/C13H18FNO2S/c1-2-3-11-8-9-15(10-11)18(16,17)13-6-4-12(14)5-7-13/h4-7,11H,2-3,8-10H2,1H3. The molecule has 1 aromatic rings. The second-order valence-electron chi connectivity index (χ2n) is 4.76. The zero-order valence-corrected chi connectivity index (χ0v) is 11.3. The van der Waals surface area contributed by atoms with Crippen molar-refractivity contribution in [2.75, 3.05) is 13.1 Å². The lowest BCUT2D eigenvalue weighted by Crippen LogP contribution is -2.28. The molecule has 1 saturated heterocycles. The normalized spacial score (nSPS) is 21.3. The van der Waals surface area contributed by atoms with Crippen LogP contribution in [0, 0.1) is 11.7 Å². The number of nitrogens with zero attached hydrogens (tertiary/aromatic N) is 1. The summed E-state index contributed by atoms with van der Waals surface area (Å²) in [4.78, 5) is 0.182. The van der Waals surface area contributed by atoms with Crippen LogP contribution in [0.15, 0.2) is 29.2 Å². The monoisotopic (exact) mass is 271 g/mol. The zero-order valence-electron chi connectivity index (χ0n) is 10.5. The first-order chi connectivity index (χ1) is 8.54. The van der Waals surface area contributed by atoms with Crippen molar-refractivity contribution in [3.05, 3.63) is 30.1 Å². The fraction of sp³-hybridized carbons (Fsp3) is 0.538. The molecule has 0 radical (unpaired) electrons. The van der Waals surface area contributed by atoms with E-state index in [1.54, 1.807) is 0 Å². The van der Waals surface area contributed by atoms with E-state index in [0.29, 0.717) is 19.0 Å². The summed E-state index contributed by atoms with van der Waals surface area (Å²) in [5.41, 5.74) is 0. The predicted molar refractivity (Wildman–Crippen MR) is 68.2 cm³/mol. The molecule has 1 unspecified atom stereocenters. The van der Waals surface area contributed by atoms with Crippen LogP contribution in [0.1, 0.15) is 26.2 Å². The van der Waals surface area contributed by atoms with Crippen molar-refractivity contribution in [3.8, 4) is 0 Å². The number of hydrogen-bond donors (Lipinski definition) is 0. The highest BCUT2D eigenvalue weighted by Gasteiger charge is 2.31. The smallest absolute Gasteiger partial charge is 0.207 e. The van der Waals surface area contributed by atoms with Gasteiger partial charge in [-0.15, -0.1) is 0 Å². The minimum atomic E-state index is -3.44. The van der Waals surface area contributed by atoms with Gasteiger partial charge in [0, 0.05) is 13.1 Å². The van der Waals surface area contributed by atoms with Crippen LogP contribution in [0.5, 0.6) is 0 Å². The Bertz CT molecular complexity index is 498. The molecule has 1 aliphatic heterocycles. The Morgan fingerprint density at radius 2 is 2.00 bits per heavy atom. The lowest BCUT2D eigenvalue weighted by atomic mass is 10.0. The number of sulfonamides is 1. The maximum Gasteiger partial charge on any atom is 0.243 e. The molecule has 1 fully saturated rings. The van der Waals surface area contributed by atoms with Crippen molar-refractivity contribution >= 4 is 10.0 Å². The van der Waals surface area contributed by atoms with E-state index in [-0.39, 0.29) is 4.90 Å². The highest BCUT2D eigenvalue weighted by atomic mass is 32.2. The second-order valence-corrected chi connectivity index (χ2v) is 6.70. The maximum absolute atomic E-state index is 12.8. The molecule has 1 aliphatic rings. The molecule has 0 aliphatic carbocycles. The lowest BCUT2D eigenvalue weighted by Gasteiger charge is -2.16. The third kappa shape index (κ3) is 2.72. The van der Waals surface area contributed by atoms with Gasteiger partial charge in [0.05, 0.1) is 4.90 Å². The van der Waals surface area contributed by atoms with E-state index in [1.165, 1.54) is 28.6 Å². The second kappa shape index (κ2) is 5.36. The van der Waals surface area contributed by atoms with E-state index >= 15 is 0 Å². The highest BCUT2D eigenvalue weighted by Crippen LogP contribution is 2.26. The van der Waals surface area contributed by atoms with Gasteiger partial charge in [0.1, 0.15) is 5.82 Å². The van der Waals surface area contributed by atoms with Gasteiger partial charge in [-0.3, -0.25) is 0 Å². The van der Waals surface area contributed by atoms with Crippen LogP contribution in [-0.4, -0.2) is 25.8 Å². The van der Waals surface area contributed by atoms with Crippen molar-refractivity contribution < 1.29 is 12.8 Å². The van der Waals surface area contributed by atoms with E-state index in [9.17, 15) is 12.8 Å². The first kappa shape index (κ1) is 13.5. The summed E-state index contributed by atoms with van der Waals surface area (Å²) in [6.07, 6.45) is 3.07. The molecule has 0 amide bonds. The summed E-state index contributed by atoms with van der Waals surface area (Å²) in [5, 5.41) is 0. The molecule has 0 saturated carbocycles. The topological polar surface area (TPSA) is 37.4 Å². The molecular formula is C13H18FNO2S. The van der Waals surface area contributed by atoms with Gasteiger partial charge < -0.3 is 0 Å². The van der Waals surface area contributed by atoms with Gasteiger partial charge in [-0.05, 0) is 43.0 Å². The van der Waals surface area contributed by atoms with Crippen LogP contribution in [0.4, 0.5) is 4.39 Å². The first-order valence-corrected chi connectivity index (χ1v) is 7.73. The molecule has 100 valence electrons. The Labute approximate surface area is 108 Å². The minimum Gasteiger partial charge on any atom is -0.207 e. The summed E-state index contributed by atoms with van der Waals surface area (Å²) >= 11 is 0. The SMILES string of the molecule is CCCC1CCN(S(=O)(=O)c2ccc(F)cc2)C1. The molecule has 0 bridgehead atoms. The first-order valence-electron chi connectivity index (χ1n) is 6.29. The number of halogens is 1. The van der Waals surface area contributed by atoms with E-state index in [1.807, 2.05) is 0 Å². The van der Waals surface area contributed by atoms with Crippen LogP contribution in [0.2, 0.25) is 0 Å². The van der Waals surface area contributed by atoms with Crippen molar-refractivity contribution in [3.63, 3.8) is 0 Å². The van der Waals surface area contributed by atoms with E-state index in [4.69, 9.17) is 0 Å². The summed E-state index contributed by atoms with van der Waals surface area (Å²) in [6.45, 7) is 3.27. The Morgan fingerprint density at radius 1 is 1.33 bits per heavy atom. The third-order valence-corrected chi connectivity index (χ3v) is 5.28. The highest BCUT2D eigenvalue weighted by molar-refractivity contribution is 7.89. The van der Waals surface area contributed by atoms with E-state index < -0.39 is 15.8 Å². The molecular weight excluding hydrogens is 253 g/mol. The van der Waals surface area contributed by atoms with Crippen LogP contribution >= 0.6 is 0 Å². The fourth-order valence-corrected chi connectivity index (χ4v) is 3.95. The molecule has 0 N–H and O–H groups in total. The average molecular weight is 271 g/mol. The van der Waals surface area contributed by atoms with E-state index in [2.05, 4.69) is 6.92 Å². The quantitative estimate of drug-likeness (QED) is 0.844. The molecule has 3 nitrogen and oxygen atoms in total. The van der Waals surface area contributed by atoms with Crippen molar-refractivity contribution in [1.29, 1.82) is 0 Å². The zero-order chi connectivity index (χ0) is 13.2. The summed E-state index contributed by atoms with van der Waals surface area (Å²) in [7, 11) is -3.44. The van der Waals surface area contributed by atoms with Crippen LogP contribution in [0.25, 0.3) is 0 Å². The lowest BCUT2D eigenvalue weighted by molar-refractivity contribution is 0.444. The molecule has 1 aromatic carbocycles. The molecule has 1 atom stereocenters. The van der Waals surface area contributed by atoms with E-state index in [0.717, 1.165) is 19.3 Å². The van der Waals surface area contributed by atoms with Gasteiger partial charge in [-0.25, -0.2) is 12.8 Å². The van der Waals surface area contributed by atoms with Gasteiger partial charge in [0.25, 0.3) is 0 Å². The Kier molecular flexibility index (Phi) is 4.02. The van der Waals surface area contributed by atoms with Crippen LogP contribution in [-0.2, 0) is 10.0 Å². The molecule has 18 heavy (non-hydrogen) atoms.